The van der Waals surface area contributed by atoms with E-state index in [1.807, 2.05) is 12.1 Å². The van der Waals surface area contributed by atoms with Crippen molar-refractivity contribution >= 4 is 17.3 Å². The van der Waals surface area contributed by atoms with Crippen LogP contribution >= 0.6 is 0 Å². The van der Waals surface area contributed by atoms with Crippen LogP contribution in [-0.4, -0.2) is 56.7 Å². The molecular weight excluding hydrogens is 414 g/mol. The van der Waals surface area contributed by atoms with Gasteiger partial charge in [-0.15, -0.1) is 10.2 Å². The van der Waals surface area contributed by atoms with Crippen molar-refractivity contribution in [1.82, 2.24) is 24.6 Å². The molecule has 0 aliphatic carbocycles. The van der Waals surface area contributed by atoms with Gasteiger partial charge in [0.25, 0.3) is 5.91 Å². The highest BCUT2D eigenvalue weighted by Crippen LogP contribution is 2.21. The molecule has 8 heteroatoms. The van der Waals surface area contributed by atoms with Crippen molar-refractivity contribution in [3.8, 4) is 5.82 Å². The van der Waals surface area contributed by atoms with Crippen LogP contribution in [0.1, 0.15) is 16.1 Å². The van der Waals surface area contributed by atoms with E-state index in [1.54, 1.807) is 35.4 Å². The van der Waals surface area contributed by atoms with E-state index < -0.39 is 0 Å². The van der Waals surface area contributed by atoms with Gasteiger partial charge in [0.05, 0.1) is 0 Å². The lowest BCUT2D eigenvalue weighted by Gasteiger charge is -2.36. The van der Waals surface area contributed by atoms with E-state index in [1.165, 1.54) is 11.3 Å². The predicted molar refractivity (Wildman–Crippen MR) is 127 cm³/mol. The molecular formula is C25H25N7O. The van der Waals surface area contributed by atoms with Crippen LogP contribution in [0.3, 0.4) is 0 Å². The van der Waals surface area contributed by atoms with Gasteiger partial charge in [0, 0.05) is 44.1 Å². The summed E-state index contributed by atoms with van der Waals surface area (Å²) in [7, 11) is 0. The first-order valence-electron chi connectivity index (χ1n) is 11.0. The average molecular weight is 440 g/mol. The number of nitrogens with zero attached hydrogens (tertiary/aromatic N) is 6. The number of amides is 1. The number of piperazine rings is 1. The van der Waals surface area contributed by atoms with E-state index in [2.05, 4.69) is 72.8 Å². The largest absolute Gasteiger partial charge is 0.369 e. The van der Waals surface area contributed by atoms with Gasteiger partial charge >= 0.3 is 0 Å². The Morgan fingerprint density at radius 3 is 2.27 bits per heavy atom. The number of aromatic nitrogens is 4. The second-order valence-corrected chi connectivity index (χ2v) is 8.00. The number of hydrogen-bond acceptors (Lipinski definition) is 6. The van der Waals surface area contributed by atoms with Gasteiger partial charge in [-0.25, -0.2) is 4.98 Å². The lowest BCUT2D eigenvalue weighted by Crippen LogP contribution is -2.45. The molecule has 1 fully saturated rings. The molecule has 1 saturated heterocycles. The highest BCUT2D eigenvalue weighted by molar-refractivity contribution is 6.03. The standard InChI is InChI=1S/C25H25N7O/c33-25(23-7-4-8-24(29-23)32-18-26-27-19-32)28-21-9-11-22(12-10-21)31-15-13-30(14-16-31)17-20-5-2-1-3-6-20/h1-12,18-19H,13-17H2,(H,28,33). The van der Waals surface area contributed by atoms with Gasteiger partial charge < -0.3 is 10.2 Å². The third-order valence-corrected chi connectivity index (χ3v) is 5.76. The van der Waals surface area contributed by atoms with Gasteiger partial charge in [-0.05, 0) is 42.0 Å². The normalized spacial score (nSPS) is 14.2. The second-order valence-electron chi connectivity index (χ2n) is 8.00. The Balaban J connectivity index is 1.17. The summed E-state index contributed by atoms with van der Waals surface area (Å²) in [4.78, 5) is 21.9. The highest BCUT2D eigenvalue weighted by Gasteiger charge is 2.17. The molecule has 0 atom stereocenters. The molecule has 0 spiro atoms. The molecule has 2 aromatic heterocycles. The van der Waals surface area contributed by atoms with Crippen molar-refractivity contribution in [1.29, 1.82) is 0 Å². The topological polar surface area (TPSA) is 79.2 Å². The third-order valence-electron chi connectivity index (χ3n) is 5.76. The van der Waals surface area contributed by atoms with Crippen LogP contribution in [0.25, 0.3) is 5.82 Å². The smallest absolute Gasteiger partial charge is 0.274 e. The zero-order valence-electron chi connectivity index (χ0n) is 18.2. The lowest BCUT2D eigenvalue weighted by atomic mass is 10.2. The van der Waals surface area contributed by atoms with Gasteiger partial charge in [0.1, 0.15) is 24.2 Å². The molecule has 8 nitrogen and oxygen atoms in total. The Labute approximate surface area is 192 Å². The molecule has 1 amide bonds. The van der Waals surface area contributed by atoms with Crippen molar-refractivity contribution in [2.24, 2.45) is 0 Å². The number of rotatable bonds is 6. The molecule has 33 heavy (non-hydrogen) atoms. The minimum atomic E-state index is -0.257. The second kappa shape index (κ2) is 9.62. The van der Waals surface area contributed by atoms with E-state index in [4.69, 9.17) is 0 Å². The summed E-state index contributed by atoms with van der Waals surface area (Å²) in [6.07, 6.45) is 3.09. The first-order valence-corrected chi connectivity index (χ1v) is 11.0. The molecule has 0 bridgehead atoms. The molecule has 0 unspecified atom stereocenters. The van der Waals surface area contributed by atoms with E-state index in [9.17, 15) is 4.79 Å². The van der Waals surface area contributed by atoms with Crippen LogP contribution in [0.2, 0.25) is 0 Å². The molecule has 1 aliphatic heterocycles. The zero-order valence-corrected chi connectivity index (χ0v) is 18.2. The average Bonchev–Trinajstić information content (AvgIpc) is 3.41. The third kappa shape index (κ3) is 5.07. The van der Waals surface area contributed by atoms with Crippen LogP contribution in [0, 0.1) is 0 Å². The quantitative estimate of drug-likeness (QED) is 0.497. The van der Waals surface area contributed by atoms with Crippen LogP contribution in [-0.2, 0) is 6.54 Å². The first kappa shape index (κ1) is 20.8. The molecule has 1 N–H and O–H groups in total. The molecule has 0 radical (unpaired) electrons. The van der Waals surface area contributed by atoms with Gasteiger partial charge in [-0.2, -0.15) is 0 Å². The summed E-state index contributed by atoms with van der Waals surface area (Å²) >= 11 is 0. The maximum absolute atomic E-state index is 12.7. The van der Waals surface area contributed by atoms with Crippen LogP contribution in [0.15, 0.2) is 85.5 Å². The molecule has 1 aliphatic rings. The summed E-state index contributed by atoms with van der Waals surface area (Å²) in [6, 6.07) is 23.9. The maximum atomic E-state index is 12.7. The molecule has 5 rings (SSSR count). The van der Waals surface area contributed by atoms with Gasteiger partial charge in [0.2, 0.25) is 0 Å². The van der Waals surface area contributed by atoms with Crippen molar-refractivity contribution in [3.63, 3.8) is 0 Å². The first-order chi connectivity index (χ1) is 16.2. The minimum Gasteiger partial charge on any atom is -0.369 e. The van der Waals surface area contributed by atoms with Crippen LogP contribution < -0.4 is 10.2 Å². The Kier molecular flexibility index (Phi) is 6.08. The highest BCUT2D eigenvalue weighted by atomic mass is 16.1. The molecule has 3 heterocycles. The van der Waals surface area contributed by atoms with E-state index in [-0.39, 0.29) is 5.91 Å². The Bertz CT molecular complexity index is 1190. The van der Waals surface area contributed by atoms with E-state index in [0.29, 0.717) is 11.5 Å². The van der Waals surface area contributed by atoms with Gasteiger partial charge in [0.15, 0.2) is 0 Å². The molecule has 166 valence electrons. The van der Waals surface area contributed by atoms with Gasteiger partial charge in [-0.3, -0.25) is 14.3 Å². The number of carbonyl (C=O) groups excluding carboxylic acids is 1. The number of pyridine rings is 1. The van der Waals surface area contributed by atoms with E-state index >= 15 is 0 Å². The SMILES string of the molecule is O=C(Nc1ccc(N2CCN(Cc3ccccc3)CC2)cc1)c1cccc(-n2cnnc2)n1. The summed E-state index contributed by atoms with van der Waals surface area (Å²) in [5, 5.41) is 10.5. The number of nitrogens with one attached hydrogen (secondary N) is 1. The van der Waals surface area contributed by atoms with Crippen LogP contribution in [0.4, 0.5) is 11.4 Å². The number of carbonyl (C=O) groups is 1. The number of anilines is 2. The van der Waals surface area contributed by atoms with E-state index in [0.717, 1.165) is 38.4 Å². The van der Waals surface area contributed by atoms with Crippen LogP contribution in [0.5, 0.6) is 0 Å². The predicted octanol–water partition coefficient (Wildman–Crippen LogP) is 3.24. The number of hydrogen-bond donors (Lipinski definition) is 1. The fourth-order valence-corrected chi connectivity index (χ4v) is 3.97. The summed E-state index contributed by atoms with van der Waals surface area (Å²) in [6.45, 7) is 5.02. The monoisotopic (exact) mass is 439 g/mol. The van der Waals surface area contributed by atoms with Crippen molar-refractivity contribution in [2.75, 3.05) is 36.4 Å². The Morgan fingerprint density at radius 2 is 1.55 bits per heavy atom. The Morgan fingerprint density at radius 1 is 0.818 bits per heavy atom. The molecule has 0 saturated carbocycles. The minimum absolute atomic E-state index is 0.257. The molecule has 2 aromatic carbocycles. The number of benzene rings is 2. The zero-order chi connectivity index (χ0) is 22.5. The summed E-state index contributed by atoms with van der Waals surface area (Å²) in [5.74, 6) is 0.335. The maximum Gasteiger partial charge on any atom is 0.274 e. The summed E-state index contributed by atoms with van der Waals surface area (Å²) < 4.78 is 1.66. The fraction of sp³-hybridized carbons (Fsp3) is 0.200. The molecule has 4 aromatic rings. The lowest BCUT2D eigenvalue weighted by molar-refractivity contribution is 0.102. The van der Waals surface area contributed by atoms with Crippen molar-refractivity contribution in [2.45, 2.75) is 6.54 Å². The Hall–Kier alpha value is -4.04. The van der Waals surface area contributed by atoms with Gasteiger partial charge in [-0.1, -0.05) is 36.4 Å². The fourth-order valence-electron chi connectivity index (χ4n) is 3.97. The van der Waals surface area contributed by atoms with Crippen molar-refractivity contribution in [3.05, 3.63) is 96.7 Å². The van der Waals surface area contributed by atoms with Crippen molar-refractivity contribution < 1.29 is 4.79 Å². The summed E-state index contributed by atoms with van der Waals surface area (Å²) in [5.41, 5.74) is 3.59.